The van der Waals surface area contributed by atoms with Gasteiger partial charge in [-0.15, -0.1) is 11.3 Å². The summed E-state index contributed by atoms with van der Waals surface area (Å²) in [6.45, 7) is 1.62. The molecule has 24 heavy (non-hydrogen) atoms. The number of aromatic nitrogens is 4. The summed E-state index contributed by atoms with van der Waals surface area (Å²) in [4.78, 5) is 14.0. The highest BCUT2D eigenvalue weighted by Gasteiger charge is 2.44. The Bertz CT molecular complexity index is 879. The van der Waals surface area contributed by atoms with Gasteiger partial charge in [0.1, 0.15) is 35.8 Å². The van der Waals surface area contributed by atoms with E-state index in [0.29, 0.717) is 11.2 Å². The maximum absolute atomic E-state index is 10.2. The molecule has 3 aromatic rings. The first-order valence-electron chi connectivity index (χ1n) is 7.46. The number of aliphatic hydroxyl groups is 3. The molecule has 0 amide bonds. The first kappa shape index (κ1) is 15.6. The fourth-order valence-electron chi connectivity index (χ4n) is 2.93. The number of aryl methyl sites for hydroxylation is 1. The summed E-state index contributed by atoms with van der Waals surface area (Å²) >= 11 is 1.57. The van der Waals surface area contributed by atoms with Crippen LogP contribution < -0.4 is 0 Å². The molecule has 3 N–H and O–H groups in total. The van der Waals surface area contributed by atoms with E-state index in [9.17, 15) is 15.3 Å². The van der Waals surface area contributed by atoms with Crippen molar-refractivity contribution in [1.29, 1.82) is 0 Å². The van der Waals surface area contributed by atoms with E-state index in [1.807, 2.05) is 18.4 Å². The summed E-state index contributed by atoms with van der Waals surface area (Å²) in [6, 6.07) is 2.01. The molecule has 1 fully saturated rings. The molecule has 4 rings (SSSR count). The molecule has 1 aliphatic rings. The average Bonchev–Trinajstić information content (AvgIpc) is 3.27. The monoisotopic (exact) mass is 348 g/mol. The molecule has 0 spiro atoms. The van der Waals surface area contributed by atoms with Crippen molar-refractivity contribution in [2.45, 2.75) is 31.5 Å². The van der Waals surface area contributed by atoms with Gasteiger partial charge in [-0.3, -0.25) is 4.57 Å². The van der Waals surface area contributed by atoms with Crippen LogP contribution in [0.5, 0.6) is 0 Å². The van der Waals surface area contributed by atoms with Crippen molar-refractivity contribution in [3.05, 3.63) is 29.7 Å². The molecule has 9 heteroatoms. The van der Waals surface area contributed by atoms with Gasteiger partial charge in [0.2, 0.25) is 0 Å². The van der Waals surface area contributed by atoms with Crippen LogP contribution in [0.1, 0.15) is 11.8 Å². The van der Waals surface area contributed by atoms with Crippen molar-refractivity contribution < 1.29 is 20.1 Å². The minimum atomic E-state index is -1.18. The van der Waals surface area contributed by atoms with Gasteiger partial charge >= 0.3 is 0 Å². The molecule has 4 heterocycles. The third kappa shape index (κ3) is 2.25. The fraction of sp³-hybridized carbons (Fsp3) is 0.400. The van der Waals surface area contributed by atoms with Crippen LogP contribution in [-0.2, 0) is 4.74 Å². The Hall–Kier alpha value is -1.91. The number of rotatable bonds is 3. The molecule has 4 atom stereocenters. The van der Waals surface area contributed by atoms with E-state index in [1.165, 1.54) is 12.7 Å². The first-order chi connectivity index (χ1) is 11.6. The van der Waals surface area contributed by atoms with Gasteiger partial charge in [0, 0.05) is 0 Å². The molecule has 0 saturated carbocycles. The Morgan fingerprint density at radius 2 is 2.08 bits per heavy atom. The molecule has 4 unspecified atom stereocenters. The van der Waals surface area contributed by atoms with Crippen LogP contribution in [0.2, 0.25) is 0 Å². The molecule has 0 radical (unpaired) electrons. The van der Waals surface area contributed by atoms with Crippen molar-refractivity contribution in [1.82, 2.24) is 19.5 Å². The van der Waals surface area contributed by atoms with Crippen molar-refractivity contribution in [3.8, 4) is 10.6 Å². The minimum Gasteiger partial charge on any atom is -0.394 e. The van der Waals surface area contributed by atoms with E-state index in [0.717, 1.165) is 16.1 Å². The quantitative estimate of drug-likeness (QED) is 0.631. The molecule has 8 nitrogen and oxygen atoms in total. The van der Waals surface area contributed by atoms with Gasteiger partial charge in [-0.25, -0.2) is 15.0 Å². The highest BCUT2D eigenvalue weighted by atomic mass is 32.1. The molecule has 0 bridgehead atoms. The topological polar surface area (TPSA) is 114 Å². The normalized spacial score (nSPS) is 27.2. The lowest BCUT2D eigenvalue weighted by Gasteiger charge is -2.16. The number of fused-ring (bicyclic) bond motifs is 1. The van der Waals surface area contributed by atoms with Crippen LogP contribution in [-0.4, -0.2) is 59.8 Å². The van der Waals surface area contributed by atoms with Crippen molar-refractivity contribution in [2.75, 3.05) is 6.61 Å². The summed E-state index contributed by atoms with van der Waals surface area (Å²) in [5, 5.41) is 31.4. The number of nitrogens with zero attached hydrogens (tertiary/aromatic N) is 4. The summed E-state index contributed by atoms with van der Waals surface area (Å²) < 4.78 is 7.12. The predicted octanol–water partition coefficient (Wildman–Crippen LogP) is 0.475. The van der Waals surface area contributed by atoms with Crippen molar-refractivity contribution in [3.63, 3.8) is 0 Å². The van der Waals surface area contributed by atoms with Crippen LogP contribution in [0.3, 0.4) is 0 Å². The first-order valence-corrected chi connectivity index (χ1v) is 8.34. The number of hydrogen-bond donors (Lipinski definition) is 3. The Kier molecular flexibility index (Phi) is 3.82. The Morgan fingerprint density at radius 3 is 2.75 bits per heavy atom. The van der Waals surface area contributed by atoms with Crippen LogP contribution in [0.4, 0.5) is 0 Å². The maximum atomic E-state index is 10.2. The second-order valence-corrected chi connectivity index (χ2v) is 6.62. The van der Waals surface area contributed by atoms with E-state index in [-0.39, 0.29) is 6.61 Å². The molecule has 1 aliphatic heterocycles. The van der Waals surface area contributed by atoms with Crippen molar-refractivity contribution >= 4 is 22.5 Å². The SMILES string of the molecule is Cc1ccsc1-c1ncnc2c1ncn2C1OC(CO)C(O)C1O. The molecule has 1 saturated heterocycles. The molecule has 0 aromatic carbocycles. The number of hydrogen-bond acceptors (Lipinski definition) is 8. The zero-order chi connectivity index (χ0) is 16.8. The maximum Gasteiger partial charge on any atom is 0.166 e. The summed E-state index contributed by atoms with van der Waals surface area (Å²) in [5.74, 6) is 0. The lowest BCUT2D eigenvalue weighted by molar-refractivity contribution is -0.0511. The Labute approximate surface area is 141 Å². The predicted molar refractivity (Wildman–Crippen MR) is 86.4 cm³/mol. The van der Waals surface area contributed by atoms with Crippen LogP contribution >= 0.6 is 11.3 Å². The van der Waals surface area contributed by atoms with E-state index in [2.05, 4.69) is 15.0 Å². The fourth-order valence-corrected chi connectivity index (χ4v) is 3.85. The molecular weight excluding hydrogens is 332 g/mol. The minimum absolute atomic E-state index is 0.379. The third-order valence-electron chi connectivity index (χ3n) is 4.23. The van der Waals surface area contributed by atoms with Crippen molar-refractivity contribution in [2.24, 2.45) is 0 Å². The zero-order valence-electron chi connectivity index (χ0n) is 12.8. The van der Waals surface area contributed by atoms with Gasteiger partial charge in [0.25, 0.3) is 0 Å². The summed E-state index contributed by atoms with van der Waals surface area (Å²) in [5.41, 5.74) is 2.92. The van der Waals surface area contributed by atoms with E-state index >= 15 is 0 Å². The highest BCUT2D eigenvalue weighted by Crippen LogP contribution is 2.35. The highest BCUT2D eigenvalue weighted by molar-refractivity contribution is 7.13. The number of aliphatic hydroxyl groups excluding tert-OH is 3. The van der Waals surface area contributed by atoms with Gasteiger partial charge in [0.15, 0.2) is 11.9 Å². The Morgan fingerprint density at radius 1 is 1.25 bits per heavy atom. The van der Waals surface area contributed by atoms with Gasteiger partial charge in [0.05, 0.1) is 17.8 Å². The number of ether oxygens (including phenoxy) is 1. The lowest BCUT2D eigenvalue weighted by atomic mass is 10.1. The second-order valence-electron chi connectivity index (χ2n) is 5.71. The summed E-state index contributed by atoms with van der Waals surface area (Å²) in [7, 11) is 0. The zero-order valence-corrected chi connectivity index (χ0v) is 13.6. The molecule has 3 aromatic heterocycles. The largest absolute Gasteiger partial charge is 0.394 e. The van der Waals surface area contributed by atoms with Gasteiger partial charge in [-0.2, -0.15) is 0 Å². The molecule has 126 valence electrons. The van der Waals surface area contributed by atoms with Gasteiger partial charge < -0.3 is 20.1 Å². The van der Waals surface area contributed by atoms with E-state index < -0.39 is 24.5 Å². The lowest BCUT2D eigenvalue weighted by Crippen LogP contribution is -2.33. The smallest absolute Gasteiger partial charge is 0.166 e. The van der Waals surface area contributed by atoms with Gasteiger partial charge in [-0.1, -0.05) is 0 Å². The van der Waals surface area contributed by atoms with Crippen LogP contribution in [0, 0.1) is 6.92 Å². The average molecular weight is 348 g/mol. The third-order valence-corrected chi connectivity index (χ3v) is 5.25. The standard InChI is InChI=1S/C15H16N4O4S/c1-7-2-3-24-13(7)9-10-14(17-5-16-9)19(6-18-10)15-12(22)11(21)8(4-20)23-15/h2-3,5-6,8,11-12,15,20-22H,4H2,1H3. The number of imidazole rings is 1. The molecular formula is C15H16N4O4S. The van der Waals surface area contributed by atoms with Crippen LogP contribution in [0.25, 0.3) is 21.7 Å². The second kappa shape index (κ2) is 5.87. The Balaban J connectivity index is 1.81. The number of thiophene rings is 1. The molecule has 0 aliphatic carbocycles. The van der Waals surface area contributed by atoms with E-state index in [4.69, 9.17) is 4.74 Å². The van der Waals surface area contributed by atoms with Gasteiger partial charge in [-0.05, 0) is 23.9 Å². The van der Waals surface area contributed by atoms with Crippen LogP contribution in [0.15, 0.2) is 24.1 Å². The summed E-state index contributed by atoms with van der Waals surface area (Å²) in [6.07, 6.45) is -1.11. The van der Waals surface area contributed by atoms with E-state index in [1.54, 1.807) is 15.9 Å².